The summed E-state index contributed by atoms with van der Waals surface area (Å²) in [6, 6.07) is 1.34. The number of hydrazine groups is 1. The van der Waals surface area contributed by atoms with E-state index in [9.17, 15) is 4.79 Å². The van der Waals surface area contributed by atoms with Gasteiger partial charge < -0.3 is 0 Å². The molecular weight excluding hydrogens is 201 g/mol. The topological polar surface area (TPSA) is 68.0 Å². The van der Waals surface area contributed by atoms with E-state index in [1.165, 1.54) is 12.3 Å². The van der Waals surface area contributed by atoms with Gasteiger partial charge in [0.05, 0.1) is 10.6 Å². The summed E-state index contributed by atoms with van der Waals surface area (Å²) in [5.41, 5.74) is 2.15. The van der Waals surface area contributed by atoms with Crippen LogP contribution in [0.1, 0.15) is 10.4 Å². The van der Waals surface area contributed by atoms with Gasteiger partial charge in [0.2, 0.25) is 0 Å². The molecule has 0 saturated carbocycles. The van der Waals surface area contributed by atoms with E-state index in [2.05, 4.69) is 4.98 Å². The predicted octanol–water partition coefficient (Wildman–Crippen LogP) is 0.992. The highest BCUT2D eigenvalue weighted by Gasteiger charge is 2.09. The SMILES string of the molecule is NNC(=O)c1cc(Cl)ncc1Cl. The van der Waals surface area contributed by atoms with E-state index in [1.54, 1.807) is 0 Å². The molecule has 12 heavy (non-hydrogen) atoms. The van der Waals surface area contributed by atoms with Crippen molar-refractivity contribution in [3.8, 4) is 0 Å². The van der Waals surface area contributed by atoms with E-state index in [4.69, 9.17) is 29.0 Å². The van der Waals surface area contributed by atoms with E-state index in [0.717, 1.165) is 0 Å². The van der Waals surface area contributed by atoms with Gasteiger partial charge in [0.25, 0.3) is 5.91 Å². The number of pyridine rings is 1. The molecule has 0 saturated heterocycles. The quantitative estimate of drug-likeness (QED) is 0.311. The summed E-state index contributed by atoms with van der Waals surface area (Å²) in [4.78, 5) is 14.6. The van der Waals surface area contributed by atoms with Crippen molar-refractivity contribution in [1.82, 2.24) is 10.4 Å². The number of amides is 1. The van der Waals surface area contributed by atoms with Crippen molar-refractivity contribution in [2.24, 2.45) is 5.84 Å². The van der Waals surface area contributed by atoms with E-state index in [1.807, 2.05) is 5.43 Å². The summed E-state index contributed by atoms with van der Waals surface area (Å²) < 4.78 is 0. The standard InChI is InChI=1S/C6H5Cl2N3O/c7-4-2-10-5(8)1-3(4)6(12)11-9/h1-2H,9H2,(H,11,12). The van der Waals surface area contributed by atoms with Crippen LogP contribution in [-0.2, 0) is 0 Å². The Labute approximate surface area is 78.6 Å². The lowest BCUT2D eigenvalue weighted by atomic mass is 10.2. The van der Waals surface area contributed by atoms with Gasteiger partial charge in [-0.25, -0.2) is 10.8 Å². The van der Waals surface area contributed by atoms with Crippen LogP contribution in [-0.4, -0.2) is 10.9 Å². The number of aromatic nitrogens is 1. The summed E-state index contributed by atoms with van der Waals surface area (Å²) in [5, 5.41) is 0.403. The Morgan fingerprint density at radius 1 is 1.58 bits per heavy atom. The van der Waals surface area contributed by atoms with E-state index in [0.29, 0.717) is 0 Å². The summed E-state index contributed by atoms with van der Waals surface area (Å²) in [7, 11) is 0. The highest BCUT2D eigenvalue weighted by molar-refractivity contribution is 6.35. The largest absolute Gasteiger partial charge is 0.290 e. The molecule has 0 aromatic carbocycles. The Hall–Kier alpha value is -0.840. The Balaban J connectivity index is 3.13. The second-order valence-electron chi connectivity index (χ2n) is 1.96. The van der Waals surface area contributed by atoms with E-state index >= 15 is 0 Å². The average Bonchev–Trinajstić information content (AvgIpc) is 2.08. The van der Waals surface area contributed by atoms with Gasteiger partial charge in [-0.05, 0) is 6.07 Å². The number of nitrogens with one attached hydrogen (secondary N) is 1. The molecule has 0 radical (unpaired) electrons. The van der Waals surface area contributed by atoms with Crippen LogP contribution in [0, 0.1) is 0 Å². The Morgan fingerprint density at radius 3 is 2.83 bits per heavy atom. The third-order valence-corrected chi connectivity index (χ3v) is 1.71. The first kappa shape index (κ1) is 9.25. The minimum absolute atomic E-state index is 0.193. The molecule has 0 bridgehead atoms. The summed E-state index contributed by atoms with van der Waals surface area (Å²) in [6.45, 7) is 0. The van der Waals surface area contributed by atoms with E-state index in [-0.39, 0.29) is 15.7 Å². The zero-order chi connectivity index (χ0) is 9.14. The zero-order valence-corrected chi connectivity index (χ0v) is 7.36. The van der Waals surface area contributed by atoms with Crippen LogP contribution in [0.25, 0.3) is 0 Å². The smallest absolute Gasteiger partial charge is 0.266 e. The van der Waals surface area contributed by atoms with Crippen molar-refractivity contribution < 1.29 is 4.79 Å². The molecule has 4 nitrogen and oxygen atoms in total. The summed E-state index contributed by atoms with van der Waals surface area (Å²) in [5.74, 6) is 4.41. The minimum Gasteiger partial charge on any atom is -0.290 e. The van der Waals surface area contributed by atoms with Gasteiger partial charge in [0, 0.05) is 6.20 Å². The maximum Gasteiger partial charge on any atom is 0.266 e. The first-order valence-electron chi connectivity index (χ1n) is 2.97. The molecule has 1 heterocycles. The molecular formula is C6H5Cl2N3O. The average molecular weight is 206 g/mol. The molecule has 1 amide bonds. The molecule has 0 fully saturated rings. The molecule has 1 aromatic rings. The van der Waals surface area contributed by atoms with Crippen molar-refractivity contribution in [3.05, 3.63) is 28.0 Å². The highest BCUT2D eigenvalue weighted by Crippen LogP contribution is 2.17. The van der Waals surface area contributed by atoms with Crippen molar-refractivity contribution in [2.75, 3.05) is 0 Å². The van der Waals surface area contributed by atoms with Crippen LogP contribution in [0.5, 0.6) is 0 Å². The maximum absolute atomic E-state index is 11.0. The van der Waals surface area contributed by atoms with Crippen LogP contribution in [0.15, 0.2) is 12.3 Å². The Morgan fingerprint density at radius 2 is 2.25 bits per heavy atom. The number of halogens is 2. The molecule has 3 N–H and O–H groups in total. The van der Waals surface area contributed by atoms with E-state index < -0.39 is 5.91 Å². The van der Waals surface area contributed by atoms with Gasteiger partial charge in [0.1, 0.15) is 5.15 Å². The number of carbonyl (C=O) groups is 1. The fourth-order valence-electron chi connectivity index (χ4n) is 0.665. The van der Waals surface area contributed by atoms with Crippen LogP contribution in [0.4, 0.5) is 0 Å². The van der Waals surface area contributed by atoms with Gasteiger partial charge in [-0.2, -0.15) is 0 Å². The fraction of sp³-hybridized carbons (Fsp3) is 0. The van der Waals surface area contributed by atoms with Gasteiger partial charge >= 0.3 is 0 Å². The molecule has 1 aromatic heterocycles. The normalized spacial score (nSPS) is 9.58. The second-order valence-corrected chi connectivity index (χ2v) is 2.75. The highest BCUT2D eigenvalue weighted by atomic mass is 35.5. The van der Waals surface area contributed by atoms with Crippen LogP contribution in [0.2, 0.25) is 10.2 Å². The molecule has 0 unspecified atom stereocenters. The second kappa shape index (κ2) is 3.71. The lowest BCUT2D eigenvalue weighted by Gasteiger charge is -2.01. The molecule has 0 spiro atoms. The van der Waals surface area contributed by atoms with Gasteiger partial charge in [0.15, 0.2) is 0 Å². The number of hydrogen-bond acceptors (Lipinski definition) is 3. The number of nitrogen functional groups attached to an aromatic ring is 1. The number of nitrogens with two attached hydrogens (primary N) is 1. The number of nitrogens with zero attached hydrogens (tertiary/aromatic N) is 1. The minimum atomic E-state index is -0.496. The molecule has 0 aliphatic rings. The number of carbonyl (C=O) groups excluding carboxylic acids is 1. The van der Waals surface area contributed by atoms with Crippen LogP contribution < -0.4 is 11.3 Å². The molecule has 0 aliphatic heterocycles. The first-order valence-corrected chi connectivity index (χ1v) is 3.72. The molecule has 1 rings (SSSR count). The lowest BCUT2D eigenvalue weighted by Crippen LogP contribution is -2.30. The molecule has 6 heteroatoms. The van der Waals surface area contributed by atoms with Crippen molar-refractivity contribution in [3.63, 3.8) is 0 Å². The molecule has 0 atom stereocenters. The third-order valence-electron chi connectivity index (χ3n) is 1.20. The third kappa shape index (κ3) is 1.85. The van der Waals surface area contributed by atoms with Crippen molar-refractivity contribution in [1.29, 1.82) is 0 Å². The van der Waals surface area contributed by atoms with Gasteiger partial charge in [-0.3, -0.25) is 10.2 Å². The number of rotatable bonds is 1. The van der Waals surface area contributed by atoms with Crippen LogP contribution >= 0.6 is 23.2 Å². The summed E-state index contributed by atoms with van der Waals surface area (Å²) in [6.07, 6.45) is 1.29. The van der Waals surface area contributed by atoms with Crippen molar-refractivity contribution >= 4 is 29.1 Å². The molecule has 0 aliphatic carbocycles. The molecule has 64 valence electrons. The van der Waals surface area contributed by atoms with Gasteiger partial charge in [-0.15, -0.1) is 0 Å². The van der Waals surface area contributed by atoms with Crippen molar-refractivity contribution in [2.45, 2.75) is 0 Å². The summed E-state index contributed by atoms with van der Waals surface area (Å²) >= 11 is 11.2. The predicted molar refractivity (Wildman–Crippen MR) is 45.9 cm³/mol. The first-order chi connectivity index (χ1) is 5.65. The van der Waals surface area contributed by atoms with Crippen LogP contribution in [0.3, 0.4) is 0 Å². The maximum atomic E-state index is 11.0. The number of hydrogen-bond donors (Lipinski definition) is 2. The monoisotopic (exact) mass is 205 g/mol. The Bertz CT molecular complexity index is 316. The lowest BCUT2D eigenvalue weighted by molar-refractivity contribution is 0.0953. The van der Waals surface area contributed by atoms with Gasteiger partial charge in [-0.1, -0.05) is 23.2 Å². The Kier molecular flexibility index (Phi) is 2.86. The fourth-order valence-corrected chi connectivity index (χ4v) is 1.01. The zero-order valence-electron chi connectivity index (χ0n) is 5.84.